The minimum atomic E-state index is 0.627. The quantitative estimate of drug-likeness (QED) is 0.188. The molecule has 236 valence electrons. The van der Waals surface area contributed by atoms with Gasteiger partial charge in [0.05, 0.1) is 27.8 Å². The van der Waals surface area contributed by atoms with Crippen LogP contribution in [0.5, 0.6) is 0 Å². The van der Waals surface area contributed by atoms with E-state index in [0.29, 0.717) is 12.5 Å². The van der Waals surface area contributed by atoms with Crippen LogP contribution in [0.3, 0.4) is 0 Å². The minimum Gasteiger partial charge on any atom is -0.322 e. The number of allylic oxidation sites excluding steroid dienone is 2. The Kier molecular flexibility index (Phi) is 6.49. The average Bonchev–Trinajstić information content (AvgIpc) is 3.71. The van der Waals surface area contributed by atoms with Gasteiger partial charge in [-0.1, -0.05) is 140 Å². The Labute approximate surface area is 289 Å². The monoisotopic (exact) mass is 641 g/mol. The van der Waals surface area contributed by atoms with Crippen molar-refractivity contribution in [3.63, 3.8) is 0 Å². The van der Waals surface area contributed by atoms with E-state index in [1.807, 2.05) is 0 Å². The molecule has 50 heavy (non-hydrogen) atoms. The molecular formula is C45H31N5. The van der Waals surface area contributed by atoms with Crippen molar-refractivity contribution >= 4 is 60.7 Å². The van der Waals surface area contributed by atoms with Crippen LogP contribution in [0.15, 0.2) is 176 Å². The van der Waals surface area contributed by atoms with Crippen LogP contribution in [0.25, 0.3) is 66.6 Å². The highest BCUT2D eigenvalue weighted by atomic mass is 15.3. The predicted molar refractivity (Wildman–Crippen MR) is 207 cm³/mol. The van der Waals surface area contributed by atoms with Gasteiger partial charge in [0.1, 0.15) is 11.6 Å². The fourth-order valence-corrected chi connectivity index (χ4v) is 7.54. The minimum absolute atomic E-state index is 0.627. The molecule has 0 radical (unpaired) electrons. The van der Waals surface area contributed by atoms with Gasteiger partial charge in [0, 0.05) is 34.2 Å². The second kappa shape index (κ2) is 11.5. The highest BCUT2D eigenvalue weighted by molar-refractivity contribution is 6.10. The lowest BCUT2D eigenvalue weighted by atomic mass is 9.98. The standard InChI is InChI=1S/C45H31N5/c1-3-15-31(16-4-1)33-27-28-48(42(29-33)32-17-5-2-6-18-32)43-30-44(49-38-23-11-7-19-34(38)35-20-8-12-24-39(35)49)47-45(46-43)50-40-25-13-9-21-36(40)37-22-10-14-26-41(37)50/h1-27,29-30H,28H2. The van der Waals surface area contributed by atoms with Crippen LogP contribution < -0.4 is 4.90 Å². The zero-order valence-electron chi connectivity index (χ0n) is 27.2. The fraction of sp³-hybridized carbons (Fsp3) is 0.0222. The molecule has 0 bridgehead atoms. The van der Waals surface area contributed by atoms with Crippen LogP contribution in [0, 0.1) is 0 Å². The molecule has 4 heterocycles. The molecule has 0 fully saturated rings. The topological polar surface area (TPSA) is 38.9 Å². The first-order chi connectivity index (χ1) is 24.8. The maximum atomic E-state index is 5.44. The van der Waals surface area contributed by atoms with Gasteiger partial charge in [-0.25, -0.2) is 0 Å². The Morgan fingerprint density at radius 3 is 1.40 bits per heavy atom. The zero-order valence-corrected chi connectivity index (χ0v) is 27.2. The lowest BCUT2D eigenvalue weighted by Crippen LogP contribution is -2.26. The van der Waals surface area contributed by atoms with Crippen LogP contribution in [-0.2, 0) is 0 Å². The summed E-state index contributed by atoms with van der Waals surface area (Å²) in [5.74, 6) is 2.27. The average molecular weight is 642 g/mol. The van der Waals surface area contributed by atoms with E-state index < -0.39 is 0 Å². The van der Waals surface area contributed by atoms with E-state index in [0.717, 1.165) is 45.0 Å². The summed E-state index contributed by atoms with van der Waals surface area (Å²) in [5, 5.41) is 4.74. The van der Waals surface area contributed by atoms with Crippen LogP contribution in [0.1, 0.15) is 11.1 Å². The van der Waals surface area contributed by atoms with Crippen LogP contribution in [0.2, 0.25) is 0 Å². The normalized spacial score (nSPS) is 13.3. The van der Waals surface area contributed by atoms with Crippen molar-refractivity contribution < 1.29 is 0 Å². The molecule has 0 saturated carbocycles. The molecular weight excluding hydrogens is 611 g/mol. The summed E-state index contributed by atoms with van der Waals surface area (Å²) in [7, 11) is 0. The molecule has 0 amide bonds. The summed E-state index contributed by atoms with van der Waals surface area (Å²) in [6.07, 6.45) is 4.58. The van der Waals surface area contributed by atoms with Gasteiger partial charge < -0.3 is 4.90 Å². The Morgan fingerprint density at radius 2 is 0.860 bits per heavy atom. The summed E-state index contributed by atoms with van der Waals surface area (Å²) in [5.41, 5.74) is 8.97. The first-order valence-electron chi connectivity index (χ1n) is 17.0. The molecule has 9 aromatic rings. The molecule has 0 aliphatic carbocycles. The summed E-state index contributed by atoms with van der Waals surface area (Å²) < 4.78 is 4.50. The van der Waals surface area contributed by atoms with Crippen molar-refractivity contribution in [2.75, 3.05) is 11.4 Å². The van der Waals surface area contributed by atoms with E-state index in [1.165, 1.54) is 32.7 Å². The maximum Gasteiger partial charge on any atom is 0.238 e. The smallest absolute Gasteiger partial charge is 0.238 e. The van der Waals surface area contributed by atoms with Crippen LogP contribution in [-0.4, -0.2) is 25.6 Å². The van der Waals surface area contributed by atoms with Gasteiger partial charge in [0.2, 0.25) is 5.95 Å². The number of hydrogen-bond donors (Lipinski definition) is 0. The lowest BCUT2D eigenvalue weighted by molar-refractivity contribution is 0.925. The summed E-state index contributed by atoms with van der Waals surface area (Å²) in [6, 6.07) is 57.6. The highest BCUT2D eigenvalue weighted by Gasteiger charge is 2.24. The van der Waals surface area contributed by atoms with Gasteiger partial charge in [-0.05, 0) is 47.0 Å². The van der Waals surface area contributed by atoms with Crippen LogP contribution in [0.4, 0.5) is 5.82 Å². The molecule has 5 heteroatoms. The Hall–Kier alpha value is -6.72. The summed E-state index contributed by atoms with van der Waals surface area (Å²) in [6.45, 7) is 0.654. The Morgan fingerprint density at radius 1 is 0.420 bits per heavy atom. The number of benzene rings is 6. The van der Waals surface area contributed by atoms with E-state index in [9.17, 15) is 0 Å². The van der Waals surface area contributed by atoms with E-state index in [1.54, 1.807) is 0 Å². The molecule has 1 aliphatic rings. The van der Waals surface area contributed by atoms with E-state index in [-0.39, 0.29) is 0 Å². The number of hydrogen-bond acceptors (Lipinski definition) is 3. The van der Waals surface area contributed by atoms with E-state index in [4.69, 9.17) is 9.97 Å². The second-order valence-corrected chi connectivity index (χ2v) is 12.7. The van der Waals surface area contributed by atoms with Crippen molar-refractivity contribution in [2.45, 2.75) is 0 Å². The zero-order chi connectivity index (χ0) is 33.0. The first-order valence-corrected chi connectivity index (χ1v) is 17.0. The number of rotatable bonds is 5. The van der Waals surface area contributed by atoms with Crippen molar-refractivity contribution in [3.8, 4) is 11.8 Å². The Balaban J connectivity index is 1.26. The molecule has 10 rings (SSSR count). The third kappa shape index (κ3) is 4.48. The molecule has 0 N–H and O–H groups in total. The predicted octanol–water partition coefficient (Wildman–Crippen LogP) is 10.6. The molecule has 0 saturated heterocycles. The van der Waals surface area contributed by atoms with E-state index >= 15 is 0 Å². The van der Waals surface area contributed by atoms with Gasteiger partial charge in [0.25, 0.3) is 0 Å². The van der Waals surface area contributed by atoms with Gasteiger partial charge in [-0.3, -0.25) is 9.13 Å². The molecule has 5 nitrogen and oxygen atoms in total. The van der Waals surface area contributed by atoms with Crippen molar-refractivity contribution in [3.05, 3.63) is 187 Å². The second-order valence-electron chi connectivity index (χ2n) is 12.7. The SMILES string of the molecule is C1=C(c2ccccc2)C=C(c2ccccc2)N(c2cc(-n3c4ccccc4c4ccccc43)nc(-n3c4ccccc4c4ccccc43)n2)C1. The third-order valence-corrected chi connectivity index (χ3v) is 9.81. The van der Waals surface area contributed by atoms with Gasteiger partial charge >= 0.3 is 0 Å². The lowest BCUT2D eigenvalue weighted by Gasteiger charge is -2.30. The highest BCUT2D eigenvalue weighted by Crippen LogP contribution is 2.37. The number of para-hydroxylation sites is 4. The maximum absolute atomic E-state index is 5.44. The van der Waals surface area contributed by atoms with Gasteiger partial charge in [-0.2, -0.15) is 9.97 Å². The first kappa shape index (κ1) is 28.3. The molecule has 0 unspecified atom stereocenters. The molecule has 1 aliphatic heterocycles. The van der Waals surface area contributed by atoms with E-state index in [2.05, 4.69) is 190 Å². The molecule has 6 aromatic carbocycles. The van der Waals surface area contributed by atoms with Crippen molar-refractivity contribution in [1.82, 2.24) is 19.1 Å². The summed E-state index contributed by atoms with van der Waals surface area (Å²) >= 11 is 0. The van der Waals surface area contributed by atoms with Crippen molar-refractivity contribution in [2.24, 2.45) is 0 Å². The largest absolute Gasteiger partial charge is 0.322 e. The number of anilines is 1. The van der Waals surface area contributed by atoms with Gasteiger partial charge in [-0.15, -0.1) is 0 Å². The van der Waals surface area contributed by atoms with Crippen molar-refractivity contribution in [1.29, 1.82) is 0 Å². The fourth-order valence-electron chi connectivity index (χ4n) is 7.54. The summed E-state index contributed by atoms with van der Waals surface area (Å²) in [4.78, 5) is 13.2. The number of fused-ring (bicyclic) bond motifs is 6. The number of nitrogens with zero attached hydrogens (tertiary/aromatic N) is 5. The Bertz CT molecular complexity index is 2550. The van der Waals surface area contributed by atoms with Crippen LogP contribution >= 0.6 is 0 Å². The third-order valence-electron chi connectivity index (χ3n) is 9.81. The molecule has 0 atom stereocenters. The van der Waals surface area contributed by atoms with Gasteiger partial charge in [0.15, 0.2) is 0 Å². The molecule has 0 spiro atoms. The number of aromatic nitrogens is 4. The molecule has 3 aromatic heterocycles.